The van der Waals surface area contributed by atoms with Crippen molar-refractivity contribution < 1.29 is 9.90 Å². The number of pyridine rings is 2. The van der Waals surface area contributed by atoms with Gasteiger partial charge in [-0.05, 0) is 48.1 Å². The molecule has 2 aromatic heterocycles. The highest BCUT2D eigenvalue weighted by atomic mass is 16.3. The highest BCUT2D eigenvalue weighted by Crippen LogP contribution is 2.33. The molecule has 0 spiro atoms. The van der Waals surface area contributed by atoms with Gasteiger partial charge >= 0.3 is 0 Å². The van der Waals surface area contributed by atoms with E-state index in [9.17, 15) is 9.90 Å². The standard InChI is InChI=1S/C24H26N4O2/c1-15(2)20-5-3-4-6-21(20)18-11-19(14-25-13-18)27-24(30)17-9-10-26-22(12-17)28-23(29)16-7-8-16/h3-6,9-16,23,29H,7-8H2,1-2H3,(H,26,28)(H,27,30). The zero-order valence-electron chi connectivity index (χ0n) is 17.2. The summed E-state index contributed by atoms with van der Waals surface area (Å²) in [6.45, 7) is 4.32. The SMILES string of the molecule is CC(C)c1ccccc1-c1cncc(NC(=O)c2ccnc(NC(O)C3CC3)c2)c1. The second kappa shape index (κ2) is 8.63. The maximum atomic E-state index is 12.8. The molecule has 0 saturated heterocycles. The van der Waals surface area contributed by atoms with Crippen molar-refractivity contribution in [2.24, 2.45) is 5.92 Å². The third-order valence-electron chi connectivity index (χ3n) is 5.28. The summed E-state index contributed by atoms with van der Waals surface area (Å²) < 4.78 is 0. The Balaban J connectivity index is 1.51. The molecule has 3 aromatic rings. The van der Waals surface area contributed by atoms with Crippen molar-refractivity contribution in [2.45, 2.75) is 38.8 Å². The lowest BCUT2D eigenvalue weighted by Gasteiger charge is -2.14. The fraction of sp³-hybridized carbons (Fsp3) is 0.292. The van der Waals surface area contributed by atoms with Crippen LogP contribution in [0.15, 0.2) is 61.1 Å². The number of carbonyl (C=O) groups excluding carboxylic acids is 1. The van der Waals surface area contributed by atoms with Crippen LogP contribution in [0, 0.1) is 5.92 Å². The average Bonchev–Trinajstić information content (AvgIpc) is 3.60. The molecule has 4 rings (SSSR count). The summed E-state index contributed by atoms with van der Waals surface area (Å²) in [6.07, 6.45) is 6.40. The van der Waals surface area contributed by atoms with Gasteiger partial charge in [-0.25, -0.2) is 4.98 Å². The van der Waals surface area contributed by atoms with Crippen LogP contribution in [0.25, 0.3) is 11.1 Å². The lowest BCUT2D eigenvalue weighted by Crippen LogP contribution is -2.22. The van der Waals surface area contributed by atoms with Crippen LogP contribution in [0.4, 0.5) is 11.5 Å². The summed E-state index contributed by atoms with van der Waals surface area (Å²) in [5.74, 6) is 0.886. The summed E-state index contributed by atoms with van der Waals surface area (Å²) in [5.41, 5.74) is 4.40. The number of nitrogens with one attached hydrogen (secondary N) is 2. The Morgan fingerprint density at radius 3 is 2.70 bits per heavy atom. The van der Waals surface area contributed by atoms with E-state index in [-0.39, 0.29) is 11.8 Å². The third kappa shape index (κ3) is 4.66. The molecule has 0 radical (unpaired) electrons. The molecule has 0 aliphatic heterocycles. The van der Waals surface area contributed by atoms with E-state index in [4.69, 9.17) is 0 Å². The number of hydrogen-bond donors (Lipinski definition) is 3. The van der Waals surface area contributed by atoms with Crippen LogP contribution in [0.2, 0.25) is 0 Å². The Morgan fingerprint density at radius 2 is 1.93 bits per heavy atom. The number of hydrogen-bond acceptors (Lipinski definition) is 5. The molecule has 1 fully saturated rings. The number of carbonyl (C=O) groups is 1. The number of benzene rings is 1. The number of rotatable bonds is 7. The molecule has 1 saturated carbocycles. The van der Waals surface area contributed by atoms with Gasteiger partial charge in [0.05, 0.1) is 11.9 Å². The molecule has 154 valence electrons. The first-order valence-corrected chi connectivity index (χ1v) is 10.3. The number of nitrogens with zero attached hydrogens (tertiary/aromatic N) is 2. The normalized spacial score (nSPS) is 14.4. The minimum atomic E-state index is -0.627. The second-order valence-electron chi connectivity index (χ2n) is 8.01. The first kappa shape index (κ1) is 20.0. The summed E-state index contributed by atoms with van der Waals surface area (Å²) in [7, 11) is 0. The zero-order chi connectivity index (χ0) is 21.1. The van der Waals surface area contributed by atoms with Crippen molar-refractivity contribution in [3.63, 3.8) is 0 Å². The van der Waals surface area contributed by atoms with Crippen molar-refractivity contribution in [1.82, 2.24) is 9.97 Å². The zero-order valence-corrected chi connectivity index (χ0v) is 17.2. The van der Waals surface area contributed by atoms with Gasteiger partial charge in [0.25, 0.3) is 5.91 Å². The van der Waals surface area contributed by atoms with E-state index in [2.05, 4.69) is 46.6 Å². The van der Waals surface area contributed by atoms with E-state index in [1.807, 2.05) is 24.4 Å². The lowest BCUT2D eigenvalue weighted by atomic mass is 9.93. The molecule has 1 atom stereocenters. The van der Waals surface area contributed by atoms with E-state index in [0.717, 1.165) is 24.0 Å². The molecular formula is C24H26N4O2. The van der Waals surface area contributed by atoms with Gasteiger partial charge < -0.3 is 15.7 Å². The molecule has 30 heavy (non-hydrogen) atoms. The predicted molar refractivity (Wildman–Crippen MR) is 118 cm³/mol. The number of aliphatic hydroxyl groups is 1. The number of amides is 1. The van der Waals surface area contributed by atoms with E-state index >= 15 is 0 Å². The molecule has 2 heterocycles. The molecule has 1 aliphatic rings. The fourth-order valence-electron chi connectivity index (χ4n) is 3.45. The number of aromatic nitrogens is 2. The third-order valence-corrected chi connectivity index (χ3v) is 5.28. The Bertz CT molecular complexity index is 1050. The molecule has 1 unspecified atom stereocenters. The molecule has 1 aliphatic carbocycles. The second-order valence-corrected chi connectivity index (χ2v) is 8.01. The lowest BCUT2D eigenvalue weighted by molar-refractivity contribution is 0.102. The summed E-state index contributed by atoms with van der Waals surface area (Å²) >= 11 is 0. The van der Waals surface area contributed by atoms with Crippen molar-refractivity contribution in [2.75, 3.05) is 10.6 Å². The van der Waals surface area contributed by atoms with Crippen LogP contribution in [0.5, 0.6) is 0 Å². The number of aliphatic hydroxyl groups excluding tert-OH is 1. The van der Waals surface area contributed by atoms with Gasteiger partial charge in [0.15, 0.2) is 0 Å². The average molecular weight is 402 g/mol. The molecule has 1 amide bonds. The minimum Gasteiger partial charge on any atom is -0.373 e. The van der Waals surface area contributed by atoms with Crippen LogP contribution in [0.3, 0.4) is 0 Å². The van der Waals surface area contributed by atoms with Crippen molar-refractivity contribution >= 4 is 17.4 Å². The highest BCUT2D eigenvalue weighted by molar-refractivity contribution is 6.04. The molecule has 6 nitrogen and oxygen atoms in total. The van der Waals surface area contributed by atoms with Gasteiger partial charge in [-0.15, -0.1) is 0 Å². The van der Waals surface area contributed by atoms with Crippen molar-refractivity contribution in [3.8, 4) is 11.1 Å². The van der Waals surface area contributed by atoms with E-state index in [1.54, 1.807) is 24.5 Å². The van der Waals surface area contributed by atoms with Crippen LogP contribution in [-0.2, 0) is 0 Å². The van der Waals surface area contributed by atoms with Gasteiger partial charge in [-0.2, -0.15) is 0 Å². The van der Waals surface area contributed by atoms with Gasteiger partial charge in [-0.3, -0.25) is 9.78 Å². The Morgan fingerprint density at radius 1 is 1.13 bits per heavy atom. The predicted octanol–water partition coefficient (Wildman–Crippen LogP) is 4.66. The van der Waals surface area contributed by atoms with Gasteiger partial charge in [0.2, 0.25) is 0 Å². The van der Waals surface area contributed by atoms with Gasteiger partial charge in [-0.1, -0.05) is 38.1 Å². The molecule has 0 bridgehead atoms. The van der Waals surface area contributed by atoms with Gasteiger partial charge in [0.1, 0.15) is 12.0 Å². The molecular weight excluding hydrogens is 376 g/mol. The van der Waals surface area contributed by atoms with E-state index < -0.39 is 6.23 Å². The van der Waals surface area contributed by atoms with Crippen LogP contribution in [-0.4, -0.2) is 27.2 Å². The van der Waals surface area contributed by atoms with E-state index in [1.165, 1.54) is 5.56 Å². The summed E-state index contributed by atoms with van der Waals surface area (Å²) in [4.78, 5) is 21.3. The van der Waals surface area contributed by atoms with Crippen LogP contribution in [0.1, 0.15) is 48.5 Å². The Kier molecular flexibility index (Phi) is 5.77. The Labute approximate surface area is 176 Å². The largest absolute Gasteiger partial charge is 0.373 e. The topological polar surface area (TPSA) is 87.1 Å². The number of anilines is 2. The quantitative estimate of drug-likeness (QED) is 0.500. The van der Waals surface area contributed by atoms with Gasteiger partial charge in [0, 0.05) is 29.4 Å². The monoisotopic (exact) mass is 402 g/mol. The van der Waals surface area contributed by atoms with Crippen LogP contribution >= 0.6 is 0 Å². The van der Waals surface area contributed by atoms with E-state index in [0.29, 0.717) is 23.0 Å². The first-order chi connectivity index (χ1) is 14.5. The first-order valence-electron chi connectivity index (χ1n) is 10.3. The van der Waals surface area contributed by atoms with Crippen molar-refractivity contribution in [1.29, 1.82) is 0 Å². The maximum absolute atomic E-state index is 12.8. The van der Waals surface area contributed by atoms with Crippen LogP contribution < -0.4 is 10.6 Å². The molecule has 6 heteroatoms. The highest BCUT2D eigenvalue weighted by Gasteiger charge is 2.29. The van der Waals surface area contributed by atoms with Crippen molar-refractivity contribution in [3.05, 3.63) is 72.2 Å². The Hall–Kier alpha value is -3.25. The minimum absolute atomic E-state index is 0.252. The molecule has 3 N–H and O–H groups in total. The molecule has 1 aromatic carbocycles. The fourth-order valence-corrected chi connectivity index (χ4v) is 3.45. The summed E-state index contributed by atoms with van der Waals surface area (Å²) in [6, 6.07) is 13.5. The summed E-state index contributed by atoms with van der Waals surface area (Å²) in [5, 5.41) is 15.9. The maximum Gasteiger partial charge on any atom is 0.255 e. The smallest absolute Gasteiger partial charge is 0.255 e.